The van der Waals surface area contributed by atoms with Gasteiger partial charge < -0.3 is 20.4 Å². The van der Waals surface area contributed by atoms with Crippen LogP contribution in [0.25, 0.3) is 22.6 Å². The van der Waals surface area contributed by atoms with Crippen molar-refractivity contribution in [1.82, 2.24) is 24.8 Å². The maximum Gasteiger partial charge on any atom is 0.190 e. The fourth-order valence-electron chi connectivity index (χ4n) is 5.05. The van der Waals surface area contributed by atoms with Gasteiger partial charge in [0.2, 0.25) is 0 Å². The van der Waals surface area contributed by atoms with Gasteiger partial charge in [0, 0.05) is 50.0 Å². The molecular formula is C31H39N7S. The highest BCUT2D eigenvalue weighted by atomic mass is 32.1. The first-order chi connectivity index (χ1) is 19.0. The van der Waals surface area contributed by atoms with E-state index in [0.717, 1.165) is 30.2 Å². The van der Waals surface area contributed by atoms with Crippen molar-refractivity contribution in [3.05, 3.63) is 71.2 Å². The molecule has 2 N–H and O–H groups in total. The molecule has 0 atom stereocenters. The van der Waals surface area contributed by atoms with Crippen LogP contribution >= 0.6 is 11.3 Å². The van der Waals surface area contributed by atoms with Crippen LogP contribution in [0.1, 0.15) is 30.9 Å². The molecule has 0 bridgehead atoms. The lowest BCUT2D eigenvalue weighted by atomic mass is 9.99. The number of aryl methyl sites for hydroxylation is 2. The molecule has 4 aromatic rings. The molecule has 0 aliphatic carbocycles. The Bertz CT molecular complexity index is 1360. The second-order valence-corrected chi connectivity index (χ2v) is 11.3. The van der Waals surface area contributed by atoms with Crippen LogP contribution in [-0.4, -0.2) is 71.1 Å². The molecule has 8 heteroatoms. The van der Waals surface area contributed by atoms with E-state index in [9.17, 15) is 0 Å². The van der Waals surface area contributed by atoms with E-state index in [0.29, 0.717) is 11.6 Å². The molecular weight excluding hydrogens is 502 g/mol. The predicted octanol–water partition coefficient (Wildman–Crippen LogP) is 5.89. The topological polar surface area (TPSA) is 74.4 Å². The van der Waals surface area contributed by atoms with Crippen LogP contribution in [0.15, 0.2) is 60.1 Å². The number of aromatic nitrogens is 3. The normalized spacial score (nSPS) is 14.5. The minimum absolute atomic E-state index is 0.449. The highest BCUT2D eigenvalue weighted by Crippen LogP contribution is 2.36. The van der Waals surface area contributed by atoms with E-state index in [4.69, 9.17) is 10.7 Å². The van der Waals surface area contributed by atoms with E-state index in [-0.39, 0.29) is 0 Å². The molecule has 1 aliphatic heterocycles. The third-order valence-electron chi connectivity index (χ3n) is 7.40. The highest BCUT2D eigenvalue weighted by Gasteiger charge is 2.18. The van der Waals surface area contributed by atoms with Crippen molar-refractivity contribution in [1.29, 1.82) is 0 Å². The number of rotatable bonds is 10. The van der Waals surface area contributed by atoms with Crippen molar-refractivity contribution < 1.29 is 0 Å². The van der Waals surface area contributed by atoms with Gasteiger partial charge in [-0.1, -0.05) is 43.3 Å². The molecule has 2 aromatic heterocycles. The van der Waals surface area contributed by atoms with Crippen LogP contribution < -0.4 is 10.6 Å². The number of likely N-dealkylation sites (N-methyl/N-ethyl adjacent to an activating group) is 1. The first-order valence-electron chi connectivity index (χ1n) is 13.9. The van der Waals surface area contributed by atoms with Crippen LogP contribution in [-0.2, 0) is 6.42 Å². The molecule has 1 saturated heterocycles. The number of nitrogens with two attached hydrogens (primary N) is 1. The molecule has 39 heavy (non-hydrogen) atoms. The number of hydrogen-bond acceptors (Lipinski definition) is 8. The van der Waals surface area contributed by atoms with Gasteiger partial charge in [0.1, 0.15) is 11.5 Å². The molecule has 3 heterocycles. The Morgan fingerprint density at radius 1 is 0.974 bits per heavy atom. The molecule has 204 valence electrons. The molecule has 1 fully saturated rings. The lowest BCUT2D eigenvalue weighted by Gasteiger charge is -2.32. The van der Waals surface area contributed by atoms with Gasteiger partial charge in [-0.25, -0.2) is 15.0 Å². The second-order valence-electron chi connectivity index (χ2n) is 10.4. The van der Waals surface area contributed by atoms with Crippen molar-refractivity contribution in [2.24, 2.45) is 0 Å². The van der Waals surface area contributed by atoms with Gasteiger partial charge in [0.05, 0.1) is 0 Å². The number of benzene rings is 2. The van der Waals surface area contributed by atoms with Crippen molar-refractivity contribution in [3.8, 4) is 22.6 Å². The Morgan fingerprint density at radius 3 is 2.49 bits per heavy atom. The monoisotopic (exact) mass is 541 g/mol. The Morgan fingerprint density at radius 2 is 1.74 bits per heavy atom. The van der Waals surface area contributed by atoms with Crippen LogP contribution in [0.4, 0.5) is 16.6 Å². The van der Waals surface area contributed by atoms with E-state index < -0.39 is 0 Å². The number of piperazine rings is 1. The minimum atomic E-state index is 0.449. The number of hydrogen-bond donors (Lipinski definition) is 1. The average molecular weight is 542 g/mol. The third-order valence-corrected chi connectivity index (χ3v) is 8.26. The van der Waals surface area contributed by atoms with Crippen molar-refractivity contribution >= 4 is 28.0 Å². The summed E-state index contributed by atoms with van der Waals surface area (Å²) in [4.78, 5) is 20.9. The van der Waals surface area contributed by atoms with Crippen LogP contribution in [0.3, 0.4) is 0 Å². The van der Waals surface area contributed by atoms with Crippen molar-refractivity contribution in [3.63, 3.8) is 0 Å². The molecule has 0 unspecified atom stereocenters. The maximum atomic E-state index is 5.87. The van der Waals surface area contributed by atoms with Gasteiger partial charge >= 0.3 is 0 Å². The smallest absolute Gasteiger partial charge is 0.190 e. The van der Waals surface area contributed by atoms with Gasteiger partial charge in [-0.2, -0.15) is 0 Å². The number of nitrogens with zero attached hydrogens (tertiary/aromatic N) is 6. The fraction of sp³-hybridized carbons (Fsp3) is 0.387. The Kier molecular flexibility index (Phi) is 8.86. The minimum Gasteiger partial charge on any atom is -0.384 e. The summed E-state index contributed by atoms with van der Waals surface area (Å²) in [5.41, 5.74) is 12.9. The molecule has 0 spiro atoms. The molecule has 2 aromatic carbocycles. The number of thiazole rings is 1. The average Bonchev–Trinajstić information content (AvgIpc) is 3.44. The van der Waals surface area contributed by atoms with E-state index in [2.05, 4.69) is 88.0 Å². The molecule has 7 nitrogen and oxygen atoms in total. The van der Waals surface area contributed by atoms with Gasteiger partial charge in [-0.05, 0) is 74.2 Å². The van der Waals surface area contributed by atoms with E-state index in [1.165, 1.54) is 67.1 Å². The summed E-state index contributed by atoms with van der Waals surface area (Å²) in [6.45, 7) is 11.2. The molecule has 0 amide bonds. The summed E-state index contributed by atoms with van der Waals surface area (Å²) in [7, 11) is 2.21. The molecule has 5 rings (SSSR count). The molecule has 1 aliphatic rings. The zero-order chi connectivity index (χ0) is 27.2. The Hall–Kier alpha value is -3.33. The summed E-state index contributed by atoms with van der Waals surface area (Å²) in [6.07, 6.45) is 5.02. The SMILES string of the molecule is CCCN(c1nc(-c2nccc(N)n2)cs1)c1cc(-c2ccc(CCCN3CCN(C)CC3)cc2)ccc1C. The van der Waals surface area contributed by atoms with E-state index >= 15 is 0 Å². The van der Waals surface area contributed by atoms with Gasteiger partial charge in [-0.3, -0.25) is 0 Å². The lowest BCUT2D eigenvalue weighted by Crippen LogP contribution is -2.44. The summed E-state index contributed by atoms with van der Waals surface area (Å²) < 4.78 is 0. The summed E-state index contributed by atoms with van der Waals surface area (Å²) in [5, 5.41) is 2.95. The fourth-order valence-corrected chi connectivity index (χ4v) is 5.89. The highest BCUT2D eigenvalue weighted by molar-refractivity contribution is 7.14. The quantitative estimate of drug-likeness (QED) is 0.268. The Balaban J connectivity index is 1.30. The van der Waals surface area contributed by atoms with Gasteiger partial charge in [0.25, 0.3) is 0 Å². The zero-order valence-electron chi connectivity index (χ0n) is 23.3. The van der Waals surface area contributed by atoms with Crippen LogP contribution in [0, 0.1) is 6.92 Å². The summed E-state index contributed by atoms with van der Waals surface area (Å²) in [5.74, 6) is 1.01. The lowest BCUT2D eigenvalue weighted by molar-refractivity contribution is 0.153. The summed E-state index contributed by atoms with van der Waals surface area (Å²) in [6, 6.07) is 17.5. The van der Waals surface area contributed by atoms with Crippen molar-refractivity contribution in [2.75, 3.05) is 56.9 Å². The predicted molar refractivity (Wildman–Crippen MR) is 164 cm³/mol. The van der Waals surface area contributed by atoms with Crippen LogP contribution in [0.5, 0.6) is 0 Å². The maximum absolute atomic E-state index is 5.87. The van der Waals surface area contributed by atoms with Gasteiger partial charge in [0.15, 0.2) is 11.0 Å². The first kappa shape index (κ1) is 27.2. The standard InChI is InChI=1S/C31H39N7S/c1-4-15-38(31-34-27(22-39-31)30-33-14-13-29(32)35-30)28-21-26(10-7-23(28)2)25-11-8-24(9-12-25)6-5-16-37-19-17-36(3)18-20-37/h7-14,21-22H,4-6,15-20H2,1-3H3,(H2,32,33,35). The van der Waals surface area contributed by atoms with Crippen molar-refractivity contribution in [2.45, 2.75) is 33.1 Å². The second kappa shape index (κ2) is 12.7. The first-order valence-corrected chi connectivity index (χ1v) is 14.8. The van der Waals surface area contributed by atoms with Crippen LogP contribution in [0.2, 0.25) is 0 Å². The number of nitrogen functional groups attached to an aromatic ring is 1. The number of anilines is 3. The zero-order valence-corrected chi connectivity index (χ0v) is 24.1. The summed E-state index contributed by atoms with van der Waals surface area (Å²) >= 11 is 1.61. The Labute approximate surface area is 236 Å². The molecule has 0 saturated carbocycles. The van der Waals surface area contributed by atoms with E-state index in [1.807, 2.05) is 5.38 Å². The third kappa shape index (κ3) is 6.82. The van der Waals surface area contributed by atoms with Gasteiger partial charge in [-0.15, -0.1) is 11.3 Å². The largest absolute Gasteiger partial charge is 0.384 e. The van der Waals surface area contributed by atoms with E-state index in [1.54, 1.807) is 23.6 Å². The molecule has 0 radical (unpaired) electrons.